The normalized spacial score (nSPS) is 14.1. The standard InChI is InChI=1S/C26H28N6O/c1-16-9-24-22(7-8-29-24)17(2)23(16)13-30-26(33)20(10-27)11-28-12-21-15-32-14-19(18-3-4-18)5-6-25(32)31-21/h5-11,14-15,18,27-29H,3-4,12-13H2,1-2H3,(H,30,33)/b20-11+,27-10?. The fraction of sp³-hybridized carbons (Fsp3) is 0.269. The van der Waals surface area contributed by atoms with Crippen molar-refractivity contribution in [3.8, 4) is 0 Å². The lowest BCUT2D eigenvalue weighted by molar-refractivity contribution is -0.117. The Morgan fingerprint density at radius 1 is 1.24 bits per heavy atom. The second kappa shape index (κ2) is 8.58. The Kier molecular flexibility index (Phi) is 5.46. The van der Waals surface area contributed by atoms with Crippen LogP contribution in [-0.2, 0) is 17.9 Å². The number of aryl methyl sites for hydroxylation is 2. The fourth-order valence-corrected chi connectivity index (χ4v) is 4.38. The van der Waals surface area contributed by atoms with E-state index in [1.165, 1.54) is 18.4 Å². The predicted molar refractivity (Wildman–Crippen MR) is 130 cm³/mol. The summed E-state index contributed by atoms with van der Waals surface area (Å²) in [5.74, 6) is 0.419. The van der Waals surface area contributed by atoms with Gasteiger partial charge in [-0.2, -0.15) is 0 Å². The number of aromatic nitrogens is 3. The molecule has 0 atom stereocenters. The minimum Gasteiger partial charge on any atom is -0.384 e. The molecule has 33 heavy (non-hydrogen) atoms. The number of carbonyl (C=O) groups excluding carboxylic acids is 1. The lowest BCUT2D eigenvalue weighted by Gasteiger charge is -2.13. The largest absolute Gasteiger partial charge is 0.384 e. The molecule has 0 bridgehead atoms. The average molecular weight is 441 g/mol. The molecular weight excluding hydrogens is 412 g/mol. The quantitative estimate of drug-likeness (QED) is 0.244. The summed E-state index contributed by atoms with van der Waals surface area (Å²) in [7, 11) is 0. The van der Waals surface area contributed by atoms with E-state index < -0.39 is 0 Å². The Hall–Kier alpha value is -3.87. The summed E-state index contributed by atoms with van der Waals surface area (Å²) in [5, 5.41) is 14.9. The molecule has 0 aliphatic heterocycles. The SMILES string of the molecule is Cc1cc2[nH]ccc2c(C)c1CNC(=O)/C(C=N)=C/NCc1cn2cc(C3CC3)ccc2n1. The van der Waals surface area contributed by atoms with Crippen LogP contribution < -0.4 is 10.6 Å². The monoisotopic (exact) mass is 440 g/mol. The van der Waals surface area contributed by atoms with E-state index in [2.05, 4.69) is 56.3 Å². The van der Waals surface area contributed by atoms with Gasteiger partial charge in [-0.05, 0) is 73.1 Å². The zero-order valence-corrected chi connectivity index (χ0v) is 18.9. The number of benzene rings is 1. The third-order valence-electron chi connectivity index (χ3n) is 6.43. The van der Waals surface area contributed by atoms with E-state index in [4.69, 9.17) is 5.41 Å². The van der Waals surface area contributed by atoms with E-state index in [1.54, 1.807) is 6.20 Å². The number of hydrogen-bond donors (Lipinski definition) is 4. The number of imidazole rings is 1. The van der Waals surface area contributed by atoms with Gasteiger partial charge in [-0.15, -0.1) is 0 Å². The Labute approximate surface area is 192 Å². The highest BCUT2D eigenvalue weighted by atomic mass is 16.1. The fourth-order valence-electron chi connectivity index (χ4n) is 4.38. The zero-order valence-electron chi connectivity index (χ0n) is 18.9. The van der Waals surface area contributed by atoms with Gasteiger partial charge >= 0.3 is 0 Å². The minimum absolute atomic E-state index is 0.271. The van der Waals surface area contributed by atoms with Crippen molar-refractivity contribution in [2.45, 2.75) is 45.7 Å². The molecule has 1 aliphatic carbocycles. The van der Waals surface area contributed by atoms with Crippen molar-refractivity contribution in [3.63, 3.8) is 0 Å². The maximum atomic E-state index is 12.7. The van der Waals surface area contributed by atoms with Crippen molar-refractivity contribution in [3.05, 3.63) is 82.6 Å². The van der Waals surface area contributed by atoms with E-state index in [0.717, 1.165) is 45.1 Å². The Morgan fingerprint density at radius 3 is 2.88 bits per heavy atom. The molecule has 0 spiro atoms. The molecule has 1 aromatic carbocycles. The number of amides is 1. The minimum atomic E-state index is -0.283. The van der Waals surface area contributed by atoms with Crippen molar-refractivity contribution in [1.82, 2.24) is 25.0 Å². The first kappa shape index (κ1) is 21.0. The Bertz CT molecular complexity index is 1390. The number of pyridine rings is 1. The van der Waals surface area contributed by atoms with Gasteiger partial charge in [0.05, 0.1) is 17.8 Å². The molecular formula is C26H28N6O. The first-order chi connectivity index (χ1) is 16.0. The number of nitrogens with one attached hydrogen (secondary N) is 4. The van der Waals surface area contributed by atoms with E-state index >= 15 is 0 Å². The number of carbonyl (C=O) groups is 1. The summed E-state index contributed by atoms with van der Waals surface area (Å²) >= 11 is 0. The Morgan fingerprint density at radius 2 is 2.09 bits per heavy atom. The van der Waals surface area contributed by atoms with E-state index in [1.807, 2.05) is 25.4 Å². The highest BCUT2D eigenvalue weighted by Crippen LogP contribution is 2.39. The van der Waals surface area contributed by atoms with Crippen LogP contribution in [-0.4, -0.2) is 26.5 Å². The average Bonchev–Trinajstić information content (AvgIpc) is 3.41. The summed E-state index contributed by atoms with van der Waals surface area (Å²) in [6, 6.07) is 8.36. The van der Waals surface area contributed by atoms with Crippen LogP contribution >= 0.6 is 0 Å². The molecule has 4 N–H and O–H groups in total. The van der Waals surface area contributed by atoms with Gasteiger partial charge in [-0.25, -0.2) is 4.98 Å². The number of nitrogens with zero attached hydrogens (tertiary/aromatic N) is 2. The smallest absolute Gasteiger partial charge is 0.254 e. The highest BCUT2D eigenvalue weighted by molar-refractivity contribution is 6.11. The first-order valence-electron chi connectivity index (χ1n) is 11.3. The van der Waals surface area contributed by atoms with Gasteiger partial charge in [0, 0.05) is 48.5 Å². The van der Waals surface area contributed by atoms with Crippen LogP contribution in [0.5, 0.6) is 0 Å². The van der Waals surface area contributed by atoms with Crippen LogP contribution in [0.3, 0.4) is 0 Å². The van der Waals surface area contributed by atoms with Gasteiger partial charge in [-0.3, -0.25) is 4.79 Å². The lowest BCUT2D eigenvalue weighted by atomic mass is 9.99. The molecule has 0 saturated heterocycles. The van der Waals surface area contributed by atoms with Crippen LogP contribution in [0.1, 0.15) is 46.7 Å². The molecule has 4 aromatic rings. The molecule has 7 heteroatoms. The van der Waals surface area contributed by atoms with E-state index in [-0.39, 0.29) is 11.5 Å². The van der Waals surface area contributed by atoms with Gasteiger partial charge in [-0.1, -0.05) is 6.07 Å². The number of aromatic amines is 1. The van der Waals surface area contributed by atoms with Crippen LogP contribution in [0.15, 0.2) is 54.6 Å². The number of rotatable bonds is 8. The maximum absolute atomic E-state index is 12.7. The van der Waals surface area contributed by atoms with Gasteiger partial charge in [0.1, 0.15) is 5.65 Å². The van der Waals surface area contributed by atoms with Gasteiger partial charge in [0.25, 0.3) is 5.91 Å². The molecule has 3 aromatic heterocycles. The number of fused-ring (bicyclic) bond motifs is 2. The van der Waals surface area contributed by atoms with Crippen LogP contribution in [0.2, 0.25) is 0 Å². The van der Waals surface area contributed by atoms with E-state index in [9.17, 15) is 4.79 Å². The number of hydrogen-bond acceptors (Lipinski definition) is 4. The molecule has 1 amide bonds. The van der Waals surface area contributed by atoms with Crippen LogP contribution in [0, 0.1) is 19.3 Å². The summed E-state index contributed by atoms with van der Waals surface area (Å²) in [6.07, 6.45) is 11.3. The van der Waals surface area contributed by atoms with E-state index in [0.29, 0.717) is 19.0 Å². The summed E-state index contributed by atoms with van der Waals surface area (Å²) < 4.78 is 2.06. The molecule has 5 rings (SSSR count). The lowest BCUT2D eigenvalue weighted by Crippen LogP contribution is -2.27. The molecule has 1 saturated carbocycles. The summed E-state index contributed by atoms with van der Waals surface area (Å²) in [4.78, 5) is 20.5. The Balaban J connectivity index is 1.22. The second-order valence-corrected chi connectivity index (χ2v) is 8.78. The van der Waals surface area contributed by atoms with Crippen molar-refractivity contribution >= 4 is 28.7 Å². The molecule has 0 radical (unpaired) electrons. The molecule has 0 unspecified atom stereocenters. The third kappa shape index (κ3) is 4.26. The van der Waals surface area contributed by atoms with Crippen molar-refractivity contribution in [1.29, 1.82) is 5.41 Å². The van der Waals surface area contributed by atoms with Crippen molar-refractivity contribution < 1.29 is 4.79 Å². The zero-order chi connectivity index (χ0) is 22.9. The van der Waals surface area contributed by atoms with Crippen molar-refractivity contribution in [2.24, 2.45) is 0 Å². The van der Waals surface area contributed by atoms with Crippen LogP contribution in [0.25, 0.3) is 16.6 Å². The van der Waals surface area contributed by atoms with Crippen molar-refractivity contribution in [2.75, 3.05) is 0 Å². The second-order valence-electron chi connectivity index (χ2n) is 8.78. The third-order valence-corrected chi connectivity index (χ3v) is 6.43. The molecule has 1 fully saturated rings. The number of H-pyrrole nitrogens is 1. The maximum Gasteiger partial charge on any atom is 0.254 e. The van der Waals surface area contributed by atoms with Gasteiger partial charge < -0.3 is 25.4 Å². The molecule has 3 heterocycles. The van der Waals surface area contributed by atoms with Crippen LogP contribution in [0.4, 0.5) is 0 Å². The molecule has 7 nitrogen and oxygen atoms in total. The first-order valence-corrected chi connectivity index (χ1v) is 11.3. The topological polar surface area (TPSA) is 98.1 Å². The van der Waals surface area contributed by atoms with Gasteiger partial charge in [0.2, 0.25) is 0 Å². The predicted octanol–water partition coefficient (Wildman–Crippen LogP) is 4.25. The molecule has 168 valence electrons. The summed E-state index contributed by atoms with van der Waals surface area (Å²) in [5.41, 5.74) is 7.91. The molecule has 1 aliphatic rings. The summed E-state index contributed by atoms with van der Waals surface area (Å²) in [6.45, 7) is 5.01. The highest BCUT2D eigenvalue weighted by Gasteiger charge is 2.23. The van der Waals surface area contributed by atoms with Gasteiger partial charge in [0.15, 0.2) is 0 Å².